The van der Waals surface area contributed by atoms with E-state index in [1.54, 1.807) is 26.1 Å². The van der Waals surface area contributed by atoms with E-state index in [2.05, 4.69) is 10.3 Å². The molecule has 1 aromatic carbocycles. The molecule has 1 amide bonds. The maximum absolute atomic E-state index is 12.8. The Hall–Kier alpha value is -2.03. The molecule has 0 aliphatic rings. The Morgan fingerprint density at radius 3 is 2.69 bits per heavy atom. The minimum Gasteiger partial charge on any atom is -0.495 e. The van der Waals surface area contributed by atoms with Gasteiger partial charge in [0.1, 0.15) is 10.6 Å². The Balaban J connectivity index is 1.86. The van der Waals surface area contributed by atoms with Crippen LogP contribution < -0.4 is 15.6 Å². The lowest BCUT2D eigenvalue weighted by atomic mass is 10.2. The molecule has 0 radical (unpaired) electrons. The van der Waals surface area contributed by atoms with Crippen LogP contribution in [-0.2, 0) is 11.8 Å². The number of fused-ring (bicyclic) bond motifs is 1. The highest BCUT2D eigenvalue weighted by Gasteiger charge is 2.21. The number of benzene rings is 1. The van der Waals surface area contributed by atoms with E-state index in [1.807, 2.05) is 20.8 Å². The summed E-state index contributed by atoms with van der Waals surface area (Å²) in [6, 6.07) is 3.44. The molecule has 0 spiro atoms. The summed E-state index contributed by atoms with van der Waals surface area (Å²) in [5, 5.41) is 4.12. The summed E-state index contributed by atoms with van der Waals surface area (Å²) in [7, 11) is 3.20. The Morgan fingerprint density at radius 1 is 1.34 bits per heavy atom. The average molecular weight is 452 g/mol. The van der Waals surface area contributed by atoms with Crippen molar-refractivity contribution in [3.8, 4) is 5.75 Å². The van der Waals surface area contributed by atoms with Gasteiger partial charge < -0.3 is 10.1 Å². The minimum absolute atomic E-state index is 0.0954. The fraction of sp³-hybridized carbons (Fsp3) is 0.350. The zero-order valence-corrected chi connectivity index (χ0v) is 19.4. The smallest absolute Gasteiger partial charge is 0.262 e. The second kappa shape index (κ2) is 8.38. The summed E-state index contributed by atoms with van der Waals surface area (Å²) in [6.45, 7) is 7.54. The lowest BCUT2D eigenvalue weighted by Crippen LogP contribution is -2.25. The van der Waals surface area contributed by atoms with Crippen LogP contribution in [0.5, 0.6) is 5.75 Å². The van der Waals surface area contributed by atoms with Gasteiger partial charge in [0.05, 0.1) is 23.4 Å². The number of thioether (sulfide) groups is 1. The van der Waals surface area contributed by atoms with Crippen LogP contribution in [0.3, 0.4) is 0 Å². The molecule has 1 unspecified atom stereocenters. The SMILES string of the molecule is COc1cc(Cl)c(C)cc1NC(=O)C(C)Sc1nc2sc(C)c(C)c2c(=O)n1C. The van der Waals surface area contributed by atoms with Gasteiger partial charge in [-0.25, -0.2) is 4.98 Å². The fourth-order valence-corrected chi connectivity index (χ4v) is 4.94. The lowest BCUT2D eigenvalue weighted by molar-refractivity contribution is -0.115. The number of ether oxygens (including phenoxy) is 1. The van der Waals surface area contributed by atoms with Crippen molar-refractivity contribution in [2.75, 3.05) is 12.4 Å². The van der Waals surface area contributed by atoms with Gasteiger partial charge in [-0.1, -0.05) is 23.4 Å². The number of thiophene rings is 1. The normalized spacial score (nSPS) is 12.2. The largest absolute Gasteiger partial charge is 0.495 e. The van der Waals surface area contributed by atoms with E-state index < -0.39 is 5.25 Å². The first-order chi connectivity index (χ1) is 13.6. The van der Waals surface area contributed by atoms with E-state index in [1.165, 1.54) is 34.8 Å². The third-order valence-corrected chi connectivity index (χ3v) is 7.41. The van der Waals surface area contributed by atoms with Crippen LogP contribution in [0, 0.1) is 20.8 Å². The number of halogens is 1. The number of carbonyl (C=O) groups is 1. The standard InChI is InChI=1S/C20H22ClN3O3S2/c1-9-7-14(15(27-6)8-13(9)21)22-17(25)12(4)29-20-23-18-16(19(26)24(20)5)10(2)11(3)28-18/h7-8,12H,1-6H3,(H,22,25). The van der Waals surface area contributed by atoms with Crippen LogP contribution in [0.25, 0.3) is 10.2 Å². The number of anilines is 1. The molecule has 1 atom stereocenters. The highest BCUT2D eigenvalue weighted by atomic mass is 35.5. The second-order valence-electron chi connectivity index (χ2n) is 6.77. The number of hydrogen-bond donors (Lipinski definition) is 1. The fourth-order valence-electron chi connectivity index (χ4n) is 2.84. The molecule has 154 valence electrons. The highest BCUT2D eigenvalue weighted by molar-refractivity contribution is 8.00. The minimum atomic E-state index is -0.478. The molecule has 0 aliphatic carbocycles. The number of nitrogens with one attached hydrogen (secondary N) is 1. The van der Waals surface area contributed by atoms with E-state index in [4.69, 9.17) is 16.3 Å². The van der Waals surface area contributed by atoms with E-state index in [-0.39, 0.29) is 11.5 Å². The molecule has 2 heterocycles. The van der Waals surface area contributed by atoms with Gasteiger partial charge in [0, 0.05) is 23.0 Å². The van der Waals surface area contributed by atoms with E-state index >= 15 is 0 Å². The molecular weight excluding hydrogens is 430 g/mol. The van der Waals surface area contributed by atoms with Gasteiger partial charge in [0.15, 0.2) is 5.16 Å². The van der Waals surface area contributed by atoms with Crippen LogP contribution in [0.4, 0.5) is 5.69 Å². The number of methoxy groups -OCH3 is 1. The summed E-state index contributed by atoms with van der Waals surface area (Å²) in [5.74, 6) is 0.269. The summed E-state index contributed by atoms with van der Waals surface area (Å²) >= 11 is 8.86. The highest BCUT2D eigenvalue weighted by Crippen LogP contribution is 2.33. The molecule has 0 bridgehead atoms. The van der Waals surface area contributed by atoms with Crippen LogP contribution in [-0.4, -0.2) is 27.8 Å². The van der Waals surface area contributed by atoms with Gasteiger partial charge in [0.2, 0.25) is 5.91 Å². The summed E-state index contributed by atoms with van der Waals surface area (Å²) in [4.78, 5) is 31.9. The number of rotatable bonds is 5. The Morgan fingerprint density at radius 2 is 2.03 bits per heavy atom. The van der Waals surface area contributed by atoms with Crippen molar-refractivity contribution >= 4 is 56.5 Å². The van der Waals surface area contributed by atoms with Crippen molar-refractivity contribution in [1.82, 2.24) is 9.55 Å². The number of carbonyl (C=O) groups excluding carboxylic acids is 1. The third kappa shape index (κ3) is 4.15. The van der Waals surface area contributed by atoms with Crippen molar-refractivity contribution in [3.05, 3.63) is 43.5 Å². The molecule has 9 heteroatoms. The molecule has 6 nitrogen and oxygen atoms in total. The van der Waals surface area contributed by atoms with Crippen LogP contribution in [0.1, 0.15) is 22.9 Å². The molecule has 3 rings (SSSR count). The van der Waals surface area contributed by atoms with E-state index in [0.717, 1.165) is 16.0 Å². The van der Waals surface area contributed by atoms with Gasteiger partial charge in [-0.3, -0.25) is 14.2 Å². The molecule has 0 saturated carbocycles. The quantitative estimate of drug-likeness (QED) is 0.449. The molecule has 0 aliphatic heterocycles. The van der Waals surface area contributed by atoms with E-state index in [9.17, 15) is 9.59 Å². The molecule has 1 N–H and O–H groups in total. The predicted octanol–water partition coefficient (Wildman–Crippen LogP) is 4.70. The maximum Gasteiger partial charge on any atom is 0.262 e. The first kappa shape index (κ1) is 21.7. The van der Waals surface area contributed by atoms with Crippen molar-refractivity contribution in [1.29, 1.82) is 0 Å². The van der Waals surface area contributed by atoms with Crippen LogP contribution >= 0.6 is 34.7 Å². The van der Waals surface area contributed by atoms with Gasteiger partial charge in [0.25, 0.3) is 5.56 Å². The van der Waals surface area contributed by atoms with E-state index in [0.29, 0.717) is 31.8 Å². The topological polar surface area (TPSA) is 73.2 Å². The summed E-state index contributed by atoms with van der Waals surface area (Å²) in [6.07, 6.45) is 0. The molecule has 29 heavy (non-hydrogen) atoms. The molecule has 0 fully saturated rings. The van der Waals surface area contributed by atoms with Crippen LogP contribution in [0.2, 0.25) is 5.02 Å². The summed E-state index contributed by atoms with van der Waals surface area (Å²) in [5.41, 5.74) is 2.25. The van der Waals surface area contributed by atoms with Crippen molar-refractivity contribution < 1.29 is 9.53 Å². The second-order valence-corrected chi connectivity index (χ2v) is 9.69. The first-order valence-electron chi connectivity index (χ1n) is 8.92. The Bertz CT molecular complexity index is 1170. The first-order valence-corrected chi connectivity index (χ1v) is 11.0. The average Bonchev–Trinajstić information content (AvgIpc) is 2.95. The molecule has 3 aromatic rings. The van der Waals surface area contributed by atoms with Crippen molar-refractivity contribution in [2.24, 2.45) is 7.05 Å². The number of aryl methyl sites for hydroxylation is 3. The molecule has 0 saturated heterocycles. The van der Waals surface area contributed by atoms with Gasteiger partial charge in [-0.2, -0.15) is 0 Å². The zero-order valence-electron chi connectivity index (χ0n) is 17.0. The maximum atomic E-state index is 12.8. The van der Waals surface area contributed by atoms with Crippen molar-refractivity contribution in [3.63, 3.8) is 0 Å². The third-order valence-electron chi connectivity index (χ3n) is 4.76. The lowest BCUT2D eigenvalue weighted by Gasteiger charge is -2.16. The van der Waals surface area contributed by atoms with Crippen molar-refractivity contribution in [2.45, 2.75) is 38.1 Å². The molecular formula is C20H22ClN3O3S2. The van der Waals surface area contributed by atoms with Gasteiger partial charge >= 0.3 is 0 Å². The summed E-state index contributed by atoms with van der Waals surface area (Å²) < 4.78 is 6.82. The number of nitrogens with zero attached hydrogens (tertiary/aromatic N) is 2. The Labute approximate surface area is 182 Å². The monoisotopic (exact) mass is 451 g/mol. The number of hydrogen-bond acceptors (Lipinski definition) is 6. The van der Waals surface area contributed by atoms with Gasteiger partial charge in [-0.15, -0.1) is 11.3 Å². The van der Waals surface area contributed by atoms with Crippen LogP contribution in [0.15, 0.2) is 22.1 Å². The number of aromatic nitrogens is 2. The number of amides is 1. The van der Waals surface area contributed by atoms with Gasteiger partial charge in [-0.05, 0) is 44.9 Å². The molecule has 2 aromatic heterocycles. The Kier molecular flexibility index (Phi) is 6.26. The predicted molar refractivity (Wildman–Crippen MR) is 121 cm³/mol. The zero-order chi connectivity index (χ0) is 21.5.